The van der Waals surface area contributed by atoms with Crippen molar-refractivity contribution in [2.24, 2.45) is 17.6 Å². The smallest absolute Gasteiger partial charge is 0.233 e. The van der Waals surface area contributed by atoms with E-state index in [-0.39, 0.29) is 13.2 Å². The minimum Gasteiger partial charge on any atom is -0.369 e. The van der Waals surface area contributed by atoms with Crippen LogP contribution in [0.5, 0.6) is 0 Å². The summed E-state index contributed by atoms with van der Waals surface area (Å²) in [7, 11) is 0. The van der Waals surface area contributed by atoms with Gasteiger partial charge in [-0.3, -0.25) is 14.4 Å². The quantitative estimate of drug-likeness (QED) is 0.552. The first-order chi connectivity index (χ1) is 9.52. The Morgan fingerprint density at radius 2 is 2.00 bits per heavy atom. The zero-order valence-corrected chi connectivity index (χ0v) is 12.0. The number of hydrogen-bond acceptors (Lipinski definition) is 3. The van der Waals surface area contributed by atoms with Crippen LogP contribution in [0.1, 0.15) is 25.8 Å². The topological polar surface area (TPSA) is 72.6 Å². The Morgan fingerprint density at radius 3 is 2.50 bits per heavy atom. The molecule has 1 aromatic carbocycles. The summed E-state index contributed by atoms with van der Waals surface area (Å²) in [5.41, 5.74) is 6.32. The highest BCUT2D eigenvalue weighted by atomic mass is 16.7. The molecule has 0 bridgehead atoms. The molecule has 110 valence electrons. The second-order valence-electron chi connectivity index (χ2n) is 5.19. The summed E-state index contributed by atoms with van der Waals surface area (Å²) in [6.07, 6.45) is 1.22. The lowest BCUT2D eigenvalue weighted by Gasteiger charge is -2.22. The summed E-state index contributed by atoms with van der Waals surface area (Å²) in [5.74, 6) is -0.472. The van der Waals surface area contributed by atoms with E-state index in [1.54, 1.807) is 0 Å². The summed E-state index contributed by atoms with van der Waals surface area (Å²) >= 11 is 0. The zero-order valence-electron chi connectivity index (χ0n) is 12.0. The lowest BCUT2D eigenvalue weighted by atomic mass is 9.96. The highest BCUT2D eigenvalue weighted by Gasteiger charge is 2.20. The third kappa shape index (κ3) is 5.84. The molecular formula is C15H22N2O3. The van der Waals surface area contributed by atoms with Crippen LogP contribution < -0.4 is 5.73 Å². The van der Waals surface area contributed by atoms with Gasteiger partial charge in [0.15, 0.2) is 0 Å². The molecule has 0 unspecified atom stereocenters. The number of primary amides is 1. The molecule has 0 spiro atoms. The molecule has 1 atom stereocenters. The van der Waals surface area contributed by atoms with E-state index in [1.807, 2.05) is 44.2 Å². The Bertz CT molecular complexity index is 420. The van der Waals surface area contributed by atoms with Gasteiger partial charge in [0, 0.05) is 0 Å². The highest BCUT2D eigenvalue weighted by molar-refractivity contribution is 5.77. The van der Waals surface area contributed by atoms with Crippen LogP contribution in [0.15, 0.2) is 30.3 Å². The summed E-state index contributed by atoms with van der Waals surface area (Å²) in [5, 5.41) is 1.14. The Labute approximate surface area is 119 Å². The van der Waals surface area contributed by atoms with Crippen molar-refractivity contribution in [3.63, 3.8) is 0 Å². The summed E-state index contributed by atoms with van der Waals surface area (Å²) in [4.78, 5) is 27.8. The SMILES string of the molecule is CC(C)C[C@H](CN(C=O)OCc1ccccc1)C(N)=O. The maximum atomic E-state index is 11.4. The van der Waals surface area contributed by atoms with E-state index in [0.29, 0.717) is 18.7 Å². The molecular weight excluding hydrogens is 256 g/mol. The van der Waals surface area contributed by atoms with Crippen LogP contribution in [0.3, 0.4) is 0 Å². The second kappa shape index (κ2) is 8.32. The molecule has 0 radical (unpaired) electrons. The van der Waals surface area contributed by atoms with Crippen molar-refractivity contribution < 1.29 is 14.4 Å². The van der Waals surface area contributed by atoms with E-state index in [1.165, 1.54) is 0 Å². The molecule has 0 saturated carbocycles. The molecule has 1 aromatic rings. The molecule has 0 fully saturated rings. The van der Waals surface area contributed by atoms with Crippen molar-refractivity contribution in [3.05, 3.63) is 35.9 Å². The van der Waals surface area contributed by atoms with Crippen LogP contribution in [0.4, 0.5) is 0 Å². The fourth-order valence-electron chi connectivity index (χ4n) is 1.92. The van der Waals surface area contributed by atoms with E-state index in [4.69, 9.17) is 10.6 Å². The van der Waals surface area contributed by atoms with E-state index in [2.05, 4.69) is 0 Å². The fourth-order valence-corrected chi connectivity index (χ4v) is 1.92. The van der Waals surface area contributed by atoms with Gasteiger partial charge in [-0.1, -0.05) is 44.2 Å². The minimum atomic E-state index is -0.408. The maximum absolute atomic E-state index is 11.4. The number of carbonyl (C=O) groups excluding carboxylic acids is 2. The van der Waals surface area contributed by atoms with E-state index < -0.39 is 11.8 Å². The van der Waals surface area contributed by atoms with Crippen LogP contribution >= 0.6 is 0 Å². The highest BCUT2D eigenvalue weighted by Crippen LogP contribution is 2.13. The van der Waals surface area contributed by atoms with Gasteiger partial charge < -0.3 is 5.73 Å². The summed E-state index contributed by atoms with van der Waals surface area (Å²) < 4.78 is 0. The van der Waals surface area contributed by atoms with Gasteiger partial charge in [-0.25, -0.2) is 5.06 Å². The molecule has 0 aliphatic carbocycles. The summed E-state index contributed by atoms with van der Waals surface area (Å²) in [6.45, 7) is 4.48. The van der Waals surface area contributed by atoms with E-state index in [0.717, 1.165) is 10.6 Å². The number of hydroxylamine groups is 2. The van der Waals surface area contributed by atoms with Gasteiger partial charge in [0.2, 0.25) is 12.3 Å². The molecule has 2 N–H and O–H groups in total. The molecule has 5 nitrogen and oxygen atoms in total. The van der Waals surface area contributed by atoms with Crippen LogP contribution in [0, 0.1) is 11.8 Å². The first-order valence-corrected chi connectivity index (χ1v) is 6.71. The van der Waals surface area contributed by atoms with E-state index >= 15 is 0 Å². The van der Waals surface area contributed by atoms with Crippen molar-refractivity contribution in [1.82, 2.24) is 5.06 Å². The average Bonchev–Trinajstić information content (AvgIpc) is 2.42. The van der Waals surface area contributed by atoms with Gasteiger partial charge in [0.05, 0.1) is 12.5 Å². The molecule has 20 heavy (non-hydrogen) atoms. The van der Waals surface area contributed by atoms with Crippen LogP contribution in [-0.4, -0.2) is 23.9 Å². The molecule has 1 rings (SSSR count). The van der Waals surface area contributed by atoms with Gasteiger partial charge in [-0.15, -0.1) is 0 Å². The summed E-state index contributed by atoms with van der Waals surface area (Å²) in [6, 6.07) is 9.52. The Kier molecular flexibility index (Phi) is 6.73. The molecule has 0 heterocycles. The number of carbonyl (C=O) groups is 2. The number of rotatable bonds is 9. The lowest BCUT2D eigenvalue weighted by Crippen LogP contribution is -2.36. The Hall–Kier alpha value is -1.88. The zero-order chi connectivity index (χ0) is 15.0. The first kappa shape index (κ1) is 16.2. The molecule has 0 aromatic heterocycles. The van der Waals surface area contributed by atoms with Crippen molar-refractivity contribution in [3.8, 4) is 0 Å². The largest absolute Gasteiger partial charge is 0.369 e. The number of amides is 2. The first-order valence-electron chi connectivity index (χ1n) is 6.71. The van der Waals surface area contributed by atoms with Gasteiger partial charge >= 0.3 is 0 Å². The van der Waals surface area contributed by atoms with Gasteiger partial charge in [0.25, 0.3) is 0 Å². The Balaban J connectivity index is 2.52. The second-order valence-corrected chi connectivity index (χ2v) is 5.19. The molecule has 0 aliphatic rings. The normalized spacial score (nSPS) is 12.2. The van der Waals surface area contributed by atoms with Crippen molar-refractivity contribution in [1.29, 1.82) is 0 Å². The maximum Gasteiger partial charge on any atom is 0.233 e. The third-order valence-electron chi connectivity index (χ3n) is 2.92. The standard InChI is InChI=1S/C15H22N2O3/c1-12(2)8-14(15(16)19)9-17(11-18)20-10-13-6-4-3-5-7-13/h3-7,11-12,14H,8-10H2,1-2H3,(H2,16,19)/t14-/m1/s1. The van der Waals surface area contributed by atoms with Crippen LogP contribution in [-0.2, 0) is 21.0 Å². The predicted molar refractivity (Wildman–Crippen MR) is 76.1 cm³/mol. The average molecular weight is 278 g/mol. The molecule has 2 amide bonds. The van der Waals surface area contributed by atoms with Crippen molar-refractivity contribution in [2.45, 2.75) is 26.9 Å². The van der Waals surface area contributed by atoms with Gasteiger partial charge in [0.1, 0.15) is 6.61 Å². The molecule has 0 saturated heterocycles. The number of nitrogens with zero attached hydrogens (tertiary/aromatic N) is 1. The fraction of sp³-hybridized carbons (Fsp3) is 0.467. The third-order valence-corrected chi connectivity index (χ3v) is 2.92. The molecule has 0 aliphatic heterocycles. The van der Waals surface area contributed by atoms with Crippen LogP contribution in [0.2, 0.25) is 0 Å². The predicted octanol–water partition coefficient (Wildman–Crippen LogP) is 1.72. The van der Waals surface area contributed by atoms with Gasteiger partial charge in [-0.2, -0.15) is 0 Å². The van der Waals surface area contributed by atoms with Crippen molar-refractivity contribution in [2.75, 3.05) is 6.54 Å². The van der Waals surface area contributed by atoms with Crippen LogP contribution in [0.25, 0.3) is 0 Å². The lowest BCUT2D eigenvalue weighted by molar-refractivity contribution is -0.182. The molecule has 5 heteroatoms. The van der Waals surface area contributed by atoms with Gasteiger partial charge in [-0.05, 0) is 17.9 Å². The number of benzene rings is 1. The van der Waals surface area contributed by atoms with E-state index in [9.17, 15) is 9.59 Å². The number of hydrogen-bond donors (Lipinski definition) is 1. The van der Waals surface area contributed by atoms with Crippen molar-refractivity contribution >= 4 is 12.3 Å². The Morgan fingerprint density at radius 1 is 1.35 bits per heavy atom. The monoisotopic (exact) mass is 278 g/mol. The minimum absolute atomic E-state index is 0.184. The number of nitrogens with two attached hydrogens (primary N) is 1.